The fraction of sp³-hybridized carbons (Fsp3) is 0.591. The van der Waals surface area contributed by atoms with Crippen LogP contribution in [0.3, 0.4) is 0 Å². The molecule has 1 aromatic rings. The second kappa shape index (κ2) is 12.2. The molecule has 1 atom stereocenters. The number of nitrogens with one attached hydrogen (secondary N) is 1. The minimum absolute atomic E-state index is 0. The topological polar surface area (TPSA) is 94.3 Å². The van der Waals surface area contributed by atoms with Crippen LogP contribution in [0.5, 0.6) is 0 Å². The highest BCUT2D eigenvalue weighted by Gasteiger charge is 2.30. The monoisotopic (exact) mass is 542 g/mol. The number of likely N-dealkylation sites (tertiary alicyclic amines) is 1. The summed E-state index contributed by atoms with van der Waals surface area (Å²) < 4.78 is 0. The largest absolute Gasteiger partial charge is 0.366 e. The summed E-state index contributed by atoms with van der Waals surface area (Å²) in [5, 5.41) is 3.36. The highest BCUT2D eigenvalue weighted by atomic mass is 127. The SMILES string of the molecule is CCNC(=NCc1cccc(C(N)=O)c1)N1CCN(C(C)C(=O)N2CCCC2)CC1.I. The van der Waals surface area contributed by atoms with Crippen LogP contribution in [0.15, 0.2) is 29.3 Å². The Balaban J connectivity index is 0.00000341. The predicted octanol–water partition coefficient (Wildman–Crippen LogP) is 1.50. The maximum Gasteiger partial charge on any atom is 0.248 e. The number of aliphatic imine (C=N–C) groups is 1. The Morgan fingerprint density at radius 3 is 2.39 bits per heavy atom. The molecule has 3 rings (SSSR count). The van der Waals surface area contributed by atoms with Gasteiger partial charge in [0.1, 0.15) is 0 Å². The molecular weight excluding hydrogens is 507 g/mol. The van der Waals surface area contributed by atoms with Gasteiger partial charge in [-0.1, -0.05) is 12.1 Å². The summed E-state index contributed by atoms with van der Waals surface area (Å²) >= 11 is 0. The molecule has 2 aliphatic rings. The number of hydrogen-bond donors (Lipinski definition) is 2. The van der Waals surface area contributed by atoms with Crippen molar-refractivity contribution in [1.82, 2.24) is 20.0 Å². The maximum atomic E-state index is 12.7. The van der Waals surface area contributed by atoms with Crippen LogP contribution in [0.4, 0.5) is 0 Å². The molecule has 0 radical (unpaired) electrons. The molecule has 0 bridgehead atoms. The lowest BCUT2D eigenvalue weighted by atomic mass is 10.1. The van der Waals surface area contributed by atoms with E-state index in [9.17, 15) is 9.59 Å². The second-order valence-corrected chi connectivity index (χ2v) is 7.97. The molecule has 1 unspecified atom stereocenters. The van der Waals surface area contributed by atoms with Crippen LogP contribution in [0.2, 0.25) is 0 Å². The maximum absolute atomic E-state index is 12.7. The van der Waals surface area contributed by atoms with Crippen LogP contribution >= 0.6 is 24.0 Å². The molecule has 2 aliphatic heterocycles. The van der Waals surface area contributed by atoms with Gasteiger partial charge in [0, 0.05) is 51.4 Å². The van der Waals surface area contributed by atoms with Crippen molar-refractivity contribution < 1.29 is 9.59 Å². The van der Waals surface area contributed by atoms with Gasteiger partial charge in [0.15, 0.2) is 5.96 Å². The van der Waals surface area contributed by atoms with Crippen LogP contribution in [0, 0.1) is 0 Å². The Bertz CT molecular complexity index is 773. The number of guanidine groups is 1. The molecule has 2 fully saturated rings. The molecule has 8 nitrogen and oxygen atoms in total. The van der Waals surface area contributed by atoms with E-state index < -0.39 is 5.91 Å². The highest BCUT2D eigenvalue weighted by Crippen LogP contribution is 2.14. The number of halogens is 1. The normalized spacial score (nSPS) is 18.5. The van der Waals surface area contributed by atoms with Gasteiger partial charge >= 0.3 is 0 Å². The number of primary amides is 1. The van der Waals surface area contributed by atoms with Gasteiger partial charge in [0.05, 0.1) is 12.6 Å². The van der Waals surface area contributed by atoms with Gasteiger partial charge in [-0.3, -0.25) is 14.5 Å². The Morgan fingerprint density at radius 2 is 1.77 bits per heavy atom. The number of amides is 2. The molecule has 3 N–H and O–H groups in total. The molecule has 1 aromatic carbocycles. The van der Waals surface area contributed by atoms with Crippen LogP contribution in [-0.2, 0) is 11.3 Å². The molecule has 0 spiro atoms. The minimum Gasteiger partial charge on any atom is -0.366 e. The van der Waals surface area contributed by atoms with Gasteiger partial charge in [-0.2, -0.15) is 0 Å². The average molecular weight is 542 g/mol. The first-order valence-corrected chi connectivity index (χ1v) is 10.9. The van der Waals surface area contributed by atoms with E-state index in [2.05, 4.69) is 22.0 Å². The Hall–Kier alpha value is -1.88. The summed E-state index contributed by atoms with van der Waals surface area (Å²) in [5.41, 5.74) is 6.82. The highest BCUT2D eigenvalue weighted by molar-refractivity contribution is 14.0. The Morgan fingerprint density at radius 1 is 1.10 bits per heavy atom. The molecule has 2 saturated heterocycles. The van der Waals surface area contributed by atoms with Gasteiger partial charge < -0.3 is 20.9 Å². The molecule has 2 amide bonds. The third kappa shape index (κ3) is 6.80. The zero-order valence-corrected chi connectivity index (χ0v) is 20.9. The number of carbonyl (C=O) groups excluding carboxylic acids is 2. The molecule has 0 saturated carbocycles. The number of rotatable bonds is 6. The summed E-state index contributed by atoms with van der Waals surface area (Å²) in [5.74, 6) is 0.692. The van der Waals surface area contributed by atoms with Gasteiger partial charge in [0.25, 0.3) is 0 Å². The third-order valence-electron chi connectivity index (χ3n) is 5.89. The van der Waals surface area contributed by atoms with Crippen LogP contribution in [-0.4, -0.2) is 84.3 Å². The summed E-state index contributed by atoms with van der Waals surface area (Å²) in [4.78, 5) is 35.4. The molecule has 0 aliphatic carbocycles. The van der Waals surface area contributed by atoms with Gasteiger partial charge in [-0.25, -0.2) is 4.99 Å². The minimum atomic E-state index is -0.429. The van der Waals surface area contributed by atoms with E-state index >= 15 is 0 Å². The molecule has 31 heavy (non-hydrogen) atoms. The molecule has 0 aromatic heterocycles. The lowest BCUT2D eigenvalue weighted by molar-refractivity contribution is -0.135. The number of hydrogen-bond acceptors (Lipinski definition) is 4. The second-order valence-electron chi connectivity index (χ2n) is 7.97. The fourth-order valence-electron chi connectivity index (χ4n) is 4.09. The molecular formula is C22H35IN6O2. The molecule has 172 valence electrons. The first kappa shape index (κ1) is 25.4. The molecule has 9 heteroatoms. The first-order valence-electron chi connectivity index (χ1n) is 10.9. The molecule has 2 heterocycles. The van der Waals surface area contributed by atoms with Crippen LogP contribution in [0.1, 0.15) is 42.6 Å². The number of nitrogens with zero attached hydrogens (tertiary/aromatic N) is 4. The average Bonchev–Trinajstić information content (AvgIpc) is 3.31. The van der Waals surface area contributed by atoms with Crippen LogP contribution < -0.4 is 11.1 Å². The first-order chi connectivity index (χ1) is 14.5. The standard InChI is InChI=1S/C22H34N6O2.HI/c1-3-24-22(25-16-18-7-6-8-19(15-18)20(23)29)28-13-11-26(12-14-28)17(2)21(30)27-9-4-5-10-27;/h6-8,15,17H,3-5,9-14,16H2,1-2H3,(H2,23,29)(H,24,25);1H. The number of benzene rings is 1. The van der Waals surface area contributed by atoms with E-state index in [0.29, 0.717) is 12.1 Å². The lowest BCUT2D eigenvalue weighted by Crippen LogP contribution is -2.57. The third-order valence-corrected chi connectivity index (χ3v) is 5.89. The lowest BCUT2D eigenvalue weighted by Gasteiger charge is -2.39. The number of carbonyl (C=O) groups is 2. The quantitative estimate of drug-likeness (QED) is 0.323. The van der Waals surface area contributed by atoms with Crippen molar-refractivity contribution in [3.8, 4) is 0 Å². The predicted molar refractivity (Wildman–Crippen MR) is 134 cm³/mol. The fourth-order valence-corrected chi connectivity index (χ4v) is 4.09. The number of piperazine rings is 1. The van der Waals surface area contributed by atoms with E-state index in [1.165, 1.54) is 0 Å². The van der Waals surface area contributed by atoms with Crippen LogP contribution in [0.25, 0.3) is 0 Å². The van der Waals surface area contributed by atoms with Crippen molar-refractivity contribution >= 4 is 41.8 Å². The van der Waals surface area contributed by atoms with E-state index in [4.69, 9.17) is 10.7 Å². The van der Waals surface area contributed by atoms with Crippen molar-refractivity contribution in [2.75, 3.05) is 45.8 Å². The van der Waals surface area contributed by atoms with E-state index in [1.54, 1.807) is 12.1 Å². The number of nitrogens with two attached hydrogens (primary N) is 1. The summed E-state index contributed by atoms with van der Waals surface area (Å²) in [6.45, 7) is 10.5. The van der Waals surface area contributed by atoms with E-state index in [1.807, 2.05) is 24.0 Å². The zero-order valence-electron chi connectivity index (χ0n) is 18.5. The Kier molecular flexibility index (Phi) is 10.0. The van der Waals surface area contributed by atoms with Gasteiger partial charge in [0.2, 0.25) is 11.8 Å². The van der Waals surface area contributed by atoms with Crippen molar-refractivity contribution in [2.45, 2.75) is 39.3 Å². The van der Waals surface area contributed by atoms with E-state index in [0.717, 1.165) is 70.2 Å². The van der Waals surface area contributed by atoms with Crippen molar-refractivity contribution in [3.05, 3.63) is 35.4 Å². The van der Waals surface area contributed by atoms with Gasteiger partial charge in [-0.15, -0.1) is 24.0 Å². The zero-order chi connectivity index (χ0) is 21.5. The Labute approximate surface area is 202 Å². The van der Waals surface area contributed by atoms with E-state index in [-0.39, 0.29) is 35.9 Å². The summed E-state index contributed by atoms with van der Waals surface area (Å²) in [6.07, 6.45) is 2.24. The van der Waals surface area contributed by atoms with Crippen molar-refractivity contribution in [2.24, 2.45) is 10.7 Å². The summed E-state index contributed by atoms with van der Waals surface area (Å²) in [6, 6.07) is 7.21. The smallest absolute Gasteiger partial charge is 0.248 e. The van der Waals surface area contributed by atoms with Crippen molar-refractivity contribution in [1.29, 1.82) is 0 Å². The van der Waals surface area contributed by atoms with Crippen molar-refractivity contribution in [3.63, 3.8) is 0 Å². The van der Waals surface area contributed by atoms with Gasteiger partial charge in [-0.05, 0) is 44.4 Å². The summed E-state index contributed by atoms with van der Waals surface area (Å²) in [7, 11) is 0.